The van der Waals surface area contributed by atoms with E-state index in [1.165, 1.54) is 18.2 Å². The molecule has 0 N–H and O–H groups in total. The minimum atomic E-state index is -3.85. The Bertz CT molecular complexity index is 479. The molecule has 0 aromatic heterocycles. The Balaban J connectivity index is 3.14. The molecule has 0 atom stereocenters. The zero-order chi connectivity index (χ0) is 12.2. The Morgan fingerprint density at radius 1 is 1.38 bits per heavy atom. The van der Waals surface area contributed by atoms with Crippen molar-refractivity contribution < 1.29 is 8.42 Å². The molecule has 0 saturated carbocycles. The number of benzene rings is 1. The van der Waals surface area contributed by atoms with Crippen molar-refractivity contribution in [3.8, 4) is 0 Å². The zero-order valence-electron chi connectivity index (χ0n) is 8.83. The molecule has 0 aliphatic carbocycles. The fourth-order valence-electron chi connectivity index (χ4n) is 1.12. The summed E-state index contributed by atoms with van der Waals surface area (Å²) in [6.45, 7) is 5.07. The number of nitrogens with zero attached hydrogens (tertiary/aromatic N) is 2. The molecule has 6 heteroatoms. The summed E-state index contributed by atoms with van der Waals surface area (Å²) in [5.41, 5.74) is 0.938. The summed E-state index contributed by atoms with van der Waals surface area (Å²) < 4.78 is 24.2. The predicted octanol–water partition coefficient (Wildman–Crippen LogP) is 1.85. The molecule has 5 nitrogen and oxygen atoms in total. The van der Waals surface area contributed by atoms with Crippen molar-refractivity contribution in [1.29, 1.82) is 0 Å². The summed E-state index contributed by atoms with van der Waals surface area (Å²) in [6.07, 6.45) is 1.30. The number of hydrogen-bond acceptors (Lipinski definition) is 4. The monoisotopic (exact) mass is 240 g/mol. The van der Waals surface area contributed by atoms with E-state index in [4.69, 9.17) is 0 Å². The second kappa shape index (κ2) is 4.89. The van der Waals surface area contributed by atoms with E-state index < -0.39 is 10.0 Å². The third-order valence-electron chi connectivity index (χ3n) is 1.97. The molecular formula is C10H12N2O3S. The van der Waals surface area contributed by atoms with E-state index in [-0.39, 0.29) is 11.4 Å². The zero-order valence-corrected chi connectivity index (χ0v) is 9.64. The maximum Gasteiger partial charge on any atom is 0.281 e. The van der Waals surface area contributed by atoms with Gasteiger partial charge in [-0.2, -0.15) is 8.42 Å². The van der Waals surface area contributed by atoms with Crippen LogP contribution in [0.25, 0.3) is 0 Å². The fraction of sp³-hybridized carbons (Fsp3) is 0.200. The van der Waals surface area contributed by atoms with Gasteiger partial charge in [-0.25, -0.2) is 0 Å². The van der Waals surface area contributed by atoms with Crippen molar-refractivity contribution >= 4 is 10.0 Å². The second-order valence-electron chi connectivity index (χ2n) is 3.19. The first-order valence-corrected chi connectivity index (χ1v) is 6.00. The van der Waals surface area contributed by atoms with Gasteiger partial charge in [-0.15, -0.1) is 15.9 Å². The number of hydrogen-bond donors (Lipinski definition) is 0. The van der Waals surface area contributed by atoms with E-state index in [2.05, 4.69) is 11.9 Å². The highest BCUT2D eigenvalue weighted by atomic mass is 32.2. The summed E-state index contributed by atoms with van der Waals surface area (Å²) in [4.78, 5) is 10.5. The molecule has 0 bridgehead atoms. The molecule has 1 aromatic carbocycles. The van der Waals surface area contributed by atoms with Crippen molar-refractivity contribution in [2.45, 2.75) is 11.8 Å². The van der Waals surface area contributed by atoms with Crippen molar-refractivity contribution in [2.24, 2.45) is 5.29 Å². The van der Waals surface area contributed by atoms with Crippen LogP contribution in [0.15, 0.2) is 47.1 Å². The second-order valence-corrected chi connectivity index (χ2v) is 5.04. The molecule has 16 heavy (non-hydrogen) atoms. The van der Waals surface area contributed by atoms with E-state index in [0.29, 0.717) is 4.41 Å². The van der Waals surface area contributed by atoms with E-state index in [1.54, 1.807) is 12.1 Å². The molecule has 0 fully saturated rings. The van der Waals surface area contributed by atoms with Crippen LogP contribution in [0.1, 0.15) is 5.56 Å². The van der Waals surface area contributed by atoms with Gasteiger partial charge in [-0.05, 0) is 19.1 Å². The van der Waals surface area contributed by atoms with Crippen LogP contribution in [-0.4, -0.2) is 19.4 Å². The van der Waals surface area contributed by atoms with Gasteiger partial charge in [0.1, 0.15) is 0 Å². The number of nitroso groups, excluding NO2 is 1. The Kier molecular flexibility index (Phi) is 3.78. The van der Waals surface area contributed by atoms with Gasteiger partial charge in [0.2, 0.25) is 0 Å². The molecule has 1 rings (SSSR count). The Morgan fingerprint density at radius 3 is 2.38 bits per heavy atom. The quantitative estimate of drug-likeness (QED) is 0.448. The minimum absolute atomic E-state index is 0.0413. The van der Waals surface area contributed by atoms with Crippen molar-refractivity contribution in [2.75, 3.05) is 6.54 Å². The lowest BCUT2D eigenvalue weighted by Crippen LogP contribution is -2.25. The molecule has 0 unspecified atom stereocenters. The summed E-state index contributed by atoms with van der Waals surface area (Å²) in [5, 5.41) is 2.47. The van der Waals surface area contributed by atoms with Crippen LogP contribution in [0.3, 0.4) is 0 Å². The number of sulfonamides is 1. The summed E-state index contributed by atoms with van der Waals surface area (Å²) >= 11 is 0. The first kappa shape index (κ1) is 12.4. The Labute approximate surface area is 94.4 Å². The highest BCUT2D eigenvalue weighted by molar-refractivity contribution is 7.89. The smallest absolute Gasteiger partial charge is 0.200 e. The molecule has 86 valence electrons. The van der Waals surface area contributed by atoms with Gasteiger partial charge < -0.3 is 0 Å². The first-order chi connectivity index (χ1) is 7.52. The van der Waals surface area contributed by atoms with Crippen molar-refractivity contribution in [1.82, 2.24) is 4.41 Å². The molecule has 0 saturated heterocycles. The third kappa shape index (κ3) is 2.46. The lowest BCUT2D eigenvalue weighted by Gasteiger charge is -2.13. The van der Waals surface area contributed by atoms with Gasteiger partial charge in [-0.1, -0.05) is 23.8 Å². The van der Waals surface area contributed by atoms with Crippen LogP contribution in [-0.2, 0) is 10.0 Å². The van der Waals surface area contributed by atoms with Crippen LogP contribution in [0.4, 0.5) is 0 Å². The Hall–Kier alpha value is -1.69. The maximum absolute atomic E-state index is 11.8. The topological polar surface area (TPSA) is 66.8 Å². The van der Waals surface area contributed by atoms with Gasteiger partial charge in [0.15, 0.2) is 0 Å². The van der Waals surface area contributed by atoms with Crippen LogP contribution in [0.5, 0.6) is 0 Å². The maximum atomic E-state index is 11.8. The van der Waals surface area contributed by atoms with Gasteiger partial charge in [0, 0.05) is 0 Å². The van der Waals surface area contributed by atoms with Gasteiger partial charge in [-0.3, -0.25) is 0 Å². The molecule has 0 heterocycles. The van der Waals surface area contributed by atoms with E-state index in [9.17, 15) is 13.3 Å². The first-order valence-electron chi connectivity index (χ1n) is 4.56. The molecule has 0 radical (unpaired) electrons. The largest absolute Gasteiger partial charge is 0.281 e. The molecule has 0 aliphatic rings. The highest BCUT2D eigenvalue weighted by Gasteiger charge is 2.22. The number of rotatable bonds is 5. The van der Waals surface area contributed by atoms with Gasteiger partial charge in [0.05, 0.1) is 16.7 Å². The third-order valence-corrected chi connectivity index (χ3v) is 3.61. The van der Waals surface area contributed by atoms with E-state index in [1.807, 2.05) is 6.92 Å². The van der Waals surface area contributed by atoms with Crippen molar-refractivity contribution in [3.63, 3.8) is 0 Å². The molecular weight excluding hydrogens is 228 g/mol. The fourth-order valence-corrected chi connectivity index (χ4v) is 2.23. The predicted molar refractivity (Wildman–Crippen MR) is 61.1 cm³/mol. The Morgan fingerprint density at radius 2 is 1.94 bits per heavy atom. The number of aryl methyl sites for hydroxylation is 1. The average molecular weight is 240 g/mol. The average Bonchev–Trinajstić information content (AvgIpc) is 2.26. The van der Waals surface area contributed by atoms with Crippen LogP contribution < -0.4 is 0 Å². The molecule has 0 aliphatic heterocycles. The van der Waals surface area contributed by atoms with Crippen LogP contribution in [0, 0.1) is 11.8 Å². The van der Waals surface area contributed by atoms with Crippen LogP contribution in [0.2, 0.25) is 0 Å². The van der Waals surface area contributed by atoms with E-state index in [0.717, 1.165) is 5.56 Å². The summed E-state index contributed by atoms with van der Waals surface area (Å²) in [5.74, 6) is 0. The normalized spacial score (nSPS) is 10.8. The summed E-state index contributed by atoms with van der Waals surface area (Å²) in [7, 11) is -3.85. The standard InChI is InChI=1S/C10H12N2O3S/c1-3-8-12(11-13)16(14,15)10-6-4-9(2)5-7-10/h3-7H,1,8H2,2H3. The molecule has 0 amide bonds. The summed E-state index contributed by atoms with van der Waals surface area (Å²) in [6, 6.07) is 6.19. The van der Waals surface area contributed by atoms with Crippen LogP contribution >= 0.6 is 0 Å². The minimum Gasteiger partial charge on any atom is -0.200 e. The van der Waals surface area contributed by atoms with E-state index >= 15 is 0 Å². The molecule has 0 spiro atoms. The van der Waals surface area contributed by atoms with Gasteiger partial charge in [0.25, 0.3) is 10.0 Å². The van der Waals surface area contributed by atoms with Crippen molar-refractivity contribution in [3.05, 3.63) is 47.4 Å². The SMILES string of the molecule is C=CCN(N=O)S(=O)(=O)c1ccc(C)cc1. The molecule has 1 aromatic rings. The van der Waals surface area contributed by atoms with Gasteiger partial charge >= 0.3 is 0 Å². The lowest BCUT2D eigenvalue weighted by molar-refractivity contribution is 0.459. The highest BCUT2D eigenvalue weighted by Crippen LogP contribution is 2.16. The lowest BCUT2D eigenvalue weighted by atomic mass is 10.2.